The topological polar surface area (TPSA) is 42.0 Å². The highest BCUT2D eigenvalue weighted by Crippen LogP contribution is 2.31. The third-order valence-electron chi connectivity index (χ3n) is 7.71. The van der Waals surface area contributed by atoms with Gasteiger partial charge in [-0.1, -0.05) is 61.2 Å². The molecule has 1 aliphatic heterocycles. The van der Waals surface area contributed by atoms with Crippen molar-refractivity contribution < 1.29 is 23.0 Å². The first-order valence-corrected chi connectivity index (χ1v) is 13.8. The van der Waals surface area contributed by atoms with Crippen molar-refractivity contribution in [1.82, 2.24) is 9.80 Å². The van der Waals surface area contributed by atoms with Crippen molar-refractivity contribution in [2.24, 2.45) is 5.92 Å². The van der Waals surface area contributed by atoms with Crippen molar-refractivity contribution in [1.29, 1.82) is 0 Å². The number of benzene rings is 2. The third-order valence-corrected chi connectivity index (χ3v) is 7.71. The van der Waals surface area contributed by atoms with E-state index in [0.717, 1.165) is 43.0 Å². The smallest absolute Gasteiger partial charge is 0.387 e. The minimum absolute atomic E-state index is 0.135. The van der Waals surface area contributed by atoms with Gasteiger partial charge >= 0.3 is 6.61 Å². The molecule has 0 N–H and O–H groups in total. The fourth-order valence-corrected chi connectivity index (χ4v) is 5.88. The van der Waals surface area contributed by atoms with E-state index >= 15 is 0 Å². The maximum Gasteiger partial charge on any atom is 0.387 e. The molecule has 1 saturated carbocycles. The molecule has 0 spiro atoms. The van der Waals surface area contributed by atoms with Crippen LogP contribution >= 0.6 is 0 Å². The number of hydrogen-bond donors (Lipinski definition) is 0. The van der Waals surface area contributed by atoms with Crippen molar-refractivity contribution in [3.63, 3.8) is 0 Å². The van der Waals surface area contributed by atoms with E-state index in [2.05, 4.69) is 15.7 Å². The average Bonchev–Trinajstić information content (AvgIpc) is 3.35. The maximum atomic E-state index is 13.9. The molecule has 0 aromatic heterocycles. The minimum atomic E-state index is -3.01. The van der Waals surface area contributed by atoms with Crippen LogP contribution in [-0.4, -0.2) is 61.6 Å². The number of nitrogens with zero attached hydrogens (tertiary/aromatic N) is 2. The summed E-state index contributed by atoms with van der Waals surface area (Å²) < 4.78 is 35.9. The van der Waals surface area contributed by atoms with Gasteiger partial charge in [0.25, 0.3) is 5.91 Å². The molecule has 7 heteroatoms. The number of hydrogen-bond acceptors (Lipinski definition) is 4. The van der Waals surface area contributed by atoms with Gasteiger partial charge in [-0.05, 0) is 68.8 Å². The molecule has 1 heterocycles. The number of rotatable bonds is 11. The van der Waals surface area contributed by atoms with E-state index in [1.807, 2.05) is 42.2 Å². The molecule has 4 rings (SSSR count). The lowest BCUT2D eigenvalue weighted by Gasteiger charge is -2.34. The molecular weight excluding hydrogens is 486 g/mol. The van der Waals surface area contributed by atoms with E-state index < -0.39 is 6.61 Å². The van der Waals surface area contributed by atoms with E-state index in [1.54, 1.807) is 6.07 Å². The molecule has 2 fully saturated rings. The van der Waals surface area contributed by atoms with Crippen LogP contribution in [0.5, 0.6) is 11.5 Å². The van der Waals surface area contributed by atoms with Gasteiger partial charge in [0.1, 0.15) is 0 Å². The number of likely N-dealkylation sites (tertiary alicyclic amines) is 1. The van der Waals surface area contributed by atoms with Crippen LogP contribution in [0.1, 0.15) is 67.8 Å². The van der Waals surface area contributed by atoms with Crippen LogP contribution in [0.25, 0.3) is 6.08 Å². The van der Waals surface area contributed by atoms with E-state index in [9.17, 15) is 13.6 Å². The van der Waals surface area contributed by atoms with Crippen LogP contribution in [0.4, 0.5) is 8.78 Å². The van der Waals surface area contributed by atoms with E-state index in [-0.39, 0.29) is 17.4 Å². The Kier molecular flexibility index (Phi) is 10.2. The van der Waals surface area contributed by atoms with Crippen LogP contribution in [-0.2, 0) is 0 Å². The summed E-state index contributed by atoms with van der Waals surface area (Å²) in [5, 5.41) is 0. The molecule has 1 unspecified atom stereocenters. The van der Waals surface area contributed by atoms with Gasteiger partial charge in [-0.25, -0.2) is 0 Å². The highest BCUT2D eigenvalue weighted by Gasteiger charge is 2.31. The van der Waals surface area contributed by atoms with Crippen LogP contribution in [0.15, 0.2) is 54.1 Å². The molecule has 1 saturated heterocycles. The molecule has 5 nitrogen and oxygen atoms in total. The summed E-state index contributed by atoms with van der Waals surface area (Å²) in [5.74, 6) is 0.577. The summed E-state index contributed by atoms with van der Waals surface area (Å²) in [6, 6.07) is 14.8. The second-order valence-electron chi connectivity index (χ2n) is 10.6. The number of carbonyl (C=O) groups is 1. The van der Waals surface area contributed by atoms with Gasteiger partial charge in [0.2, 0.25) is 0 Å². The first kappa shape index (κ1) is 28.1. The second-order valence-corrected chi connectivity index (χ2v) is 10.6. The summed E-state index contributed by atoms with van der Waals surface area (Å²) >= 11 is 0. The van der Waals surface area contributed by atoms with E-state index in [1.165, 1.54) is 51.3 Å². The van der Waals surface area contributed by atoms with E-state index in [0.29, 0.717) is 24.7 Å². The second kappa shape index (κ2) is 13.7. The molecule has 0 radical (unpaired) electrons. The fourth-order valence-electron chi connectivity index (χ4n) is 5.88. The number of amides is 1. The zero-order chi connectivity index (χ0) is 26.9. The Labute approximate surface area is 225 Å². The lowest BCUT2D eigenvalue weighted by Crippen LogP contribution is -2.45. The first-order chi connectivity index (χ1) is 18.4. The monoisotopic (exact) mass is 526 g/mol. The molecule has 38 heavy (non-hydrogen) atoms. The van der Waals surface area contributed by atoms with Gasteiger partial charge in [-0.15, -0.1) is 0 Å². The number of alkyl halides is 2. The lowest BCUT2D eigenvalue weighted by atomic mass is 9.89. The normalized spacial score (nSPS) is 19.1. The summed E-state index contributed by atoms with van der Waals surface area (Å²) in [4.78, 5) is 18.3. The van der Waals surface area contributed by atoms with Gasteiger partial charge in [0.05, 0.1) is 7.11 Å². The molecule has 2 aliphatic rings. The van der Waals surface area contributed by atoms with Gasteiger partial charge in [-0.3, -0.25) is 9.69 Å². The zero-order valence-electron chi connectivity index (χ0n) is 22.6. The molecule has 1 amide bonds. The summed E-state index contributed by atoms with van der Waals surface area (Å²) in [6.07, 6.45) is 10.8. The van der Waals surface area contributed by atoms with Crippen molar-refractivity contribution in [2.45, 2.75) is 64.5 Å². The van der Waals surface area contributed by atoms with Crippen molar-refractivity contribution in [3.05, 3.63) is 65.2 Å². The van der Waals surface area contributed by atoms with Crippen LogP contribution in [0.2, 0.25) is 0 Å². The largest absolute Gasteiger partial charge is 0.493 e. The standard InChI is InChI=1S/C31H40F2N2O3/c1-23(18-24-10-5-3-6-11-24)20-35(22-27-14-9-17-34(27)21-25-12-7-4-8-13-25)30(36)26-15-16-28(37-2)29(19-26)38-31(32)33/h3,5-6,10-11,15-16,18-19,25,27,31H,4,7-9,12-14,17,20-22H2,1-2H3. The fraction of sp³-hybridized carbons (Fsp3) is 0.516. The Balaban J connectivity index is 1.56. The maximum absolute atomic E-state index is 13.9. The third kappa shape index (κ3) is 7.79. The molecule has 1 aliphatic carbocycles. The average molecular weight is 527 g/mol. The van der Waals surface area contributed by atoms with Gasteiger partial charge < -0.3 is 14.4 Å². The highest BCUT2D eigenvalue weighted by atomic mass is 19.3. The highest BCUT2D eigenvalue weighted by molar-refractivity contribution is 5.95. The van der Waals surface area contributed by atoms with Gasteiger partial charge in [0.15, 0.2) is 11.5 Å². The van der Waals surface area contributed by atoms with Crippen molar-refractivity contribution >= 4 is 12.0 Å². The Morgan fingerprint density at radius 1 is 1.05 bits per heavy atom. The van der Waals surface area contributed by atoms with E-state index in [4.69, 9.17) is 4.74 Å². The van der Waals surface area contributed by atoms with Gasteiger partial charge in [-0.2, -0.15) is 8.78 Å². The quantitative estimate of drug-likeness (QED) is 0.320. The molecule has 2 aromatic carbocycles. The van der Waals surface area contributed by atoms with Gasteiger partial charge in [0, 0.05) is 31.2 Å². The van der Waals surface area contributed by atoms with Crippen molar-refractivity contribution in [3.8, 4) is 11.5 Å². The van der Waals surface area contributed by atoms with Crippen molar-refractivity contribution in [2.75, 3.05) is 33.3 Å². The zero-order valence-corrected chi connectivity index (χ0v) is 22.6. The predicted octanol–water partition coefficient (Wildman–Crippen LogP) is 6.89. The minimum Gasteiger partial charge on any atom is -0.493 e. The van der Waals surface area contributed by atoms with Crippen LogP contribution < -0.4 is 9.47 Å². The van der Waals surface area contributed by atoms with Crippen LogP contribution in [0.3, 0.4) is 0 Å². The number of carbonyl (C=O) groups excluding carboxylic acids is 1. The lowest BCUT2D eigenvalue weighted by molar-refractivity contribution is -0.0512. The summed E-state index contributed by atoms with van der Waals surface area (Å²) in [7, 11) is 1.39. The molecule has 0 bridgehead atoms. The Morgan fingerprint density at radius 2 is 1.82 bits per heavy atom. The predicted molar refractivity (Wildman–Crippen MR) is 147 cm³/mol. The molecule has 1 atom stereocenters. The summed E-state index contributed by atoms with van der Waals surface area (Å²) in [5.41, 5.74) is 2.44. The Morgan fingerprint density at radius 3 is 2.53 bits per heavy atom. The first-order valence-electron chi connectivity index (χ1n) is 13.8. The Bertz CT molecular complexity index is 1070. The molecule has 2 aromatic rings. The SMILES string of the molecule is COc1ccc(C(=O)N(CC(C)=Cc2ccccc2)CC2CCCN2CC2CCCCC2)cc1OC(F)F. The summed E-state index contributed by atoms with van der Waals surface area (Å²) in [6.45, 7) is 2.24. The number of ether oxygens (including phenoxy) is 2. The molecular formula is C31H40F2N2O3. The van der Waals surface area contributed by atoms with Crippen LogP contribution in [0, 0.1) is 5.92 Å². The number of methoxy groups -OCH3 is 1. The molecule has 206 valence electrons. The number of halogens is 2. The Hall–Kier alpha value is -2.93.